The minimum atomic E-state index is -0.0480. The lowest BCUT2D eigenvalue weighted by Gasteiger charge is -2.32. The smallest absolute Gasteiger partial charge is 0.321 e. The Morgan fingerprint density at radius 3 is 2.95 bits per heavy atom. The number of carbonyl (C=O) groups is 1. The molecule has 0 aromatic heterocycles. The number of nitrogens with one attached hydrogen (secondary N) is 2. The van der Waals surface area contributed by atoms with Gasteiger partial charge in [-0.3, -0.25) is 0 Å². The van der Waals surface area contributed by atoms with Gasteiger partial charge in [0.2, 0.25) is 0 Å². The Bertz CT molecular complexity index is 442. The zero-order chi connectivity index (χ0) is 13.7. The van der Waals surface area contributed by atoms with Gasteiger partial charge in [0.1, 0.15) is 5.75 Å². The monoisotopic (exact) mass is 299 g/mol. The second-order valence-electron chi connectivity index (χ2n) is 4.74. The first-order chi connectivity index (χ1) is 9.22. The quantitative estimate of drug-likeness (QED) is 0.901. The first-order valence-electron chi connectivity index (χ1n) is 6.60. The fourth-order valence-corrected chi connectivity index (χ4v) is 2.30. The number of likely N-dealkylation sites (tertiary alicyclic amines) is 1. The highest BCUT2D eigenvalue weighted by Crippen LogP contribution is 2.18. The molecule has 1 aromatic rings. The molecular weight excluding hydrogens is 278 g/mol. The summed E-state index contributed by atoms with van der Waals surface area (Å²) in [5.41, 5.74) is 0.760. The summed E-state index contributed by atoms with van der Waals surface area (Å²) in [4.78, 5) is 14.0. The fraction of sp³-hybridized carbons (Fsp3) is 0.500. The predicted octanol–water partition coefficient (Wildman–Crippen LogP) is 2.33. The lowest BCUT2D eigenvalue weighted by molar-refractivity contribution is 0.187. The van der Waals surface area contributed by atoms with Crippen LogP contribution in [-0.4, -0.2) is 44.2 Å². The standard InChI is InChI=1S/C14H21N3O2.ClH/c1-15-12-6-4-8-17(10-12)14(18)16-11-5-3-7-13(9-11)19-2;/h3,5,7,9,12,15H,4,6,8,10H2,1-2H3,(H,16,18);1H/t12-;/m1./s1. The molecule has 0 saturated carbocycles. The lowest BCUT2D eigenvalue weighted by atomic mass is 10.1. The van der Waals surface area contributed by atoms with Gasteiger partial charge in [0.25, 0.3) is 0 Å². The van der Waals surface area contributed by atoms with E-state index in [2.05, 4.69) is 10.6 Å². The highest BCUT2D eigenvalue weighted by atomic mass is 35.5. The van der Waals surface area contributed by atoms with E-state index in [0.29, 0.717) is 6.04 Å². The Morgan fingerprint density at radius 2 is 2.25 bits per heavy atom. The van der Waals surface area contributed by atoms with Crippen LogP contribution in [0.25, 0.3) is 0 Å². The highest BCUT2D eigenvalue weighted by Gasteiger charge is 2.22. The molecule has 112 valence electrons. The molecule has 0 radical (unpaired) electrons. The third-order valence-electron chi connectivity index (χ3n) is 3.44. The number of benzene rings is 1. The van der Waals surface area contributed by atoms with E-state index in [9.17, 15) is 4.79 Å². The minimum Gasteiger partial charge on any atom is -0.497 e. The van der Waals surface area contributed by atoms with Crippen LogP contribution in [0.4, 0.5) is 10.5 Å². The van der Waals surface area contributed by atoms with Gasteiger partial charge in [0.15, 0.2) is 0 Å². The summed E-state index contributed by atoms with van der Waals surface area (Å²) in [6.07, 6.45) is 2.16. The molecule has 1 heterocycles. The molecule has 0 spiro atoms. The van der Waals surface area contributed by atoms with Gasteiger partial charge >= 0.3 is 6.03 Å². The van der Waals surface area contributed by atoms with Gasteiger partial charge in [-0.25, -0.2) is 4.79 Å². The van der Waals surface area contributed by atoms with E-state index < -0.39 is 0 Å². The van der Waals surface area contributed by atoms with Crippen LogP contribution in [0.1, 0.15) is 12.8 Å². The van der Waals surface area contributed by atoms with Gasteiger partial charge in [0.05, 0.1) is 7.11 Å². The van der Waals surface area contributed by atoms with Gasteiger partial charge in [-0.15, -0.1) is 12.4 Å². The summed E-state index contributed by atoms with van der Waals surface area (Å²) in [5.74, 6) is 0.740. The van der Waals surface area contributed by atoms with Crippen molar-refractivity contribution in [3.63, 3.8) is 0 Å². The first-order valence-corrected chi connectivity index (χ1v) is 6.60. The number of carbonyl (C=O) groups excluding carboxylic acids is 1. The van der Waals surface area contributed by atoms with E-state index in [1.807, 2.05) is 36.2 Å². The summed E-state index contributed by atoms with van der Waals surface area (Å²) in [6.45, 7) is 1.57. The van der Waals surface area contributed by atoms with Gasteiger partial charge in [-0.2, -0.15) is 0 Å². The second kappa shape index (κ2) is 7.97. The van der Waals surface area contributed by atoms with E-state index in [1.54, 1.807) is 7.11 Å². The Kier molecular flexibility index (Phi) is 6.61. The second-order valence-corrected chi connectivity index (χ2v) is 4.74. The van der Waals surface area contributed by atoms with E-state index in [-0.39, 0.29) is 18.4 Å². The normalized spacial score (nSPS) is 18.1. The summed E-state index contributed by atoms with van der Waals surface area (Å²) in [5, 5.41) is 6.14. The van der Waals surface area contributed by atoms with Crippen molar-refractivity contribution in [1.82, 2.24) is 10.2 Å². The van der Waals surface area contributed by atoms with Crippen molar-refractivity contribution in [1.29, 1.82) is 0 Å². The number of amides is 2. The van der Waals surface area contributed by atoms with E-state index in [4.69, 9.17) is 4.74 Å². The van der Waals surface area contributed by atoms with E-state index >= 15 is 0 Å². The van der Waals surface area contributed by atoms with Gasteiger partial charge in [-0.05, 0) is 32.0 Å². The molecule has 2 rings (SSSR count). The summed E-state index contributed by atoms with van der Waals surface area (Å²) in [6, 6.07) is 7.74. The van der Waals surface area contributed by atoms with Crippen LogP contribution >= 0.6 is 12.4 Å². The number of piperidine rings is 1. The Labute approximate surface area is 126 Å². The number of rotatable bonds is 3. The maximum absolute atomic E-state index is 12.2. The molecule has 1 aliphatic rings. The average Bonchev–Trinajstić information content (AvgIpc) is 2.47. The number of hydrogen-bond acceptors (Lipinski definition) is 3. The third kappa shape index (κ3) is 4.28. The Morgan fingerprint density at radius 1 is 1.45 bits per heavy atom. The van der Waals surface area contributed by atoms with Crippen LogP contribution in [0.15, 0.2) is 24.3 Å². The number of likely N-dealkylation sites (N-methyl/N-ethyl adjacent to an activating group) is 1. The van der Waals surface area contributed by atoms with Crippen molar-refractivity contribution >= 4 is 24.1 Å². The molecule has 2 amide bonds. The lowest BCUT2D eigenvalue weighted by Crippen LogP contribution is -2.48. The maximum atomic E-state index is 12.2. The third-order valence-corrected chi connectivity index (χ3v) is 3.44. The molecule has 1 aliphatic heterocycles. The number of halogens is 1. The predicted molar refractivity (Wildman–Crippen MR) is 82.9 cm³/mol. The van der Waals surface area contributed by atoms with Crippen LogP contribution in [0.5, 0.6) is 5.75 Å². The number of ether oxygens (including phenoxy) is 1. The van der Waals surface area contributed by atoms with E-state index in [0.717, 1.165) is 37.4 Å². The van der Waals surface area contributed by atoms with Crippen molar-refractivity contribution in [3.05, 3.63) is 24.3 Å². The number of methoxy groups -OCH3 is 1. The molecule has 1 atom stereocenters. The van der Waals surface area contributed by atoms with Gasteiger partial charge < -0.3 is 20.3 Å². The van der Waals surface area contributed by atoms with Crippen molar-refractivity contribution in [2.75, 3.05) is 32.6 Å². The van der Waals surface area contributed by atoms with Crippen LogP contribution in [-0.2, 0) is 0 Å². The number of hydrogen-bond donors (Lipinski definition) is 2. The Hall–Kier alpha value is -1.46. The SMILES string of the molecule is CN[C@@H]1CCCN(C(=O)Nc2cccc(OC)c2)C1.Cl. The largest absolute Gasteiger partial charge is 0.497 e. The van der Waals surface area contributed by atoms with Crippen molar-refractivity contribution in [3.8, 4) is 5.75 Å². The topological polar surface area (TPSA) is 53.6 Å². The molecule has 5 nitrogen and oxygen atoms in total. The zero-order valence-corrected chi connectivity index (χ0v) is 12.7. The number of urea groups is 1. The maximum Gasteiger partial charge on any atom is 0.321 e. The van der Waals surface area contributed by atoms with Gasteiger partial charge in [-0.1, -0.05) is 6.07 Å². The molecule has 0 bridgehead atoms. The molecule has 0 unspecified atom stereocenters. The molecular formula is C14H22ClN3O2. The summed E-state index contributed by atoms with van der Waals surface area (Å²) >= 11 is 0. The van der Waals surface area contributed by atoms with Crippen LogP contribution in [0.2, 0.25) is 0 Å². The van der Waals surface area contributed by atoms with Crippen LogP contribution < -0.4 is 15.4 Å². The fourth-order valence-electron chi connectivity index (χ4n) is 2.30. The molecule has 1 fully saturated rings. The van der Waals surface area contributed by atoms with Crippen LogP contribution in [0, 0.1) is 0 Å². The van der Waals surface area contributed by atoms with Crippen LogP contribution in [0.3, 0.4) is 0 Å². The molecule has 6 heteroatoms. The summed E-state index contributed by atoms with van der Waals surface area (Å²) in [7, 11) is 3.55. The molecule has 0 aliphatic carbocycles. The minimum absolute atomic E-state index is 0. The first kappa shape index (κ1) is 16.6. The average molecular weight is 300 g/mol. The Balaban J connectivity index is 0.00000200. The number of anilines is 1. The zero-order valence-electron chi connectivity index (χ0n) is 11.9. The number of nitrogens with zero attached hydrogens (tertiary/aromatic N) is 1. The van der Waals surface area contributed by atoms with Crippen molar-refractivity contribution in [2.24, 2.45) is 0 Å². The summed E-state index contributed by atoms with van der Waals surface area (Å²) < 4.78 is 5.14. The molecule has 1 saturated heterocycles. The van der Waals surface area contributed by atoms with Gasteiger partial charge in [0, 0.05) is 30.9 Å². The molecule has 20 heavy (non-hydrogen) atoms. The van der Waals surface area contributed by atoms with Crippen molar-refractivity contribution in [2.45, 2.75) is 18.9 Å². The van der Waals surface area contributed by atoms with Crippen molar-refractivity contribution < 1.29 is 9.53 Å². The molecule has 2 N–H and O–H groups in total. The van der Waals surface area contributed by atoms with E-state index in [1.165, 1.54) is 0 Å². The molecule has 1 aromatic carbocycles. The highest BCUT2D eigenvalue weighted by molar-refractivity contribution is 5.89.